The number of methoxy groups -OCH3 is 3. The van der Waals surface area contributed by atoms with Crippen molar-refractivity contribution in [2.45, 2.75) is 11.7 Å². The van der Waals surface area contributed by atoms with Crippen LogP contribution in [0.15, 0.2) is 47.9 Å². The van der Waals surface area contributed by atoms with Gasteiger partial charge in [0.1, 0.15) is 11.5 Å². The summed E-state index contributed by atoms with van der Waals surface area (Å²) in [5, 5.41) is 12.0. The molecule has 0 fully saturated rings. The van der Waals surface area contributed by atoms with Crippen molar-refractivity contribution in [2.75, 3.05) is 39.0 Å². The molecule has 0 saturated heterocycles. The third-order valence-corrected chi connectivity index (χ3v) is 5.15. The molecule has 3 rings (SSSR count). The molecule has 10 heteroatoms. The quantitative estimate of drug-likeness (QED) is 0.491. The maximum atomic E-state index is 12.5. The number of ether oxygens (including phenoxy) is 3. The first-order valence-corrected chi connectivity index (χ1v) is 10.1. The Morgan fingerprint density at radius 1 is 1.10 bits per heavy atom. The maximum absolute atomic E-state index is 12.5. The van der Waals surface area contributed by atoms with Gasteiger partial charge in [-0.3, -0.25) is 14.3 Å². The zero-order chi connectivity index (χ0) is 21.3. The fraction of sp³-hybridized carbons (Fsp3) is 0.300. The van der Waals surface area contributed by atoms with Crippen molar-refractivity contribution in [1.82, 2.24) is 19.7 Å². The normalized spacial score (nSPS) is 10.6. The molecule has 0 spiro atoms. The second-order valence-corrected chi connectivity index (χ2v) is 7.03. The lowest BCUT2D eigenvalue weighted by molar-refractivity contribution is -0.113. The average molecular weight is 430 g/mol. The Bertz CT molecular complexity index is 981. The zero-order valence-electron chi connectivity index (χ0n) is 17.0. The minimum absolute atomic E-state index is 0.155. The van der Waals surface area contributed by atoms with Crippen molar-refractivity contribution in [2.24, 2.45) is 0 Å². The summed E-state index contributed by atoms with van der Waals surface area (Å²) >= 11 is 1.30. The summed E-state index contributed by atoms with van der Waals surface area (Å²) in [4.78, 5) is 16.6. The molecule has 30 heavy (non-hydrogen) atoms. The molecule has 0 radical (unpaired) electrons. The number of amides is 1. The molecule has 0 bridgehead atoms. The van der Waals surface area contributed by atoms with Crippen LogP contribution in [0.4, 0.5) is 5.69 Å². The topological polar surface area (TPSA) is 100 Å². The van der Waals surface area contributed by atoms with Crippen LogP contribution in [-0.4, -0.2) is 59.3 Å². The van der Waals surface area contributed by atoms with E-state index in [0.29, 0.717) is 41.3 Å². The monoisotopic (exact) mass is 429 g/mol. The van der Waals surface area contributed by atoms with E-state index in [4.69, 9.17) is 14.2 Å². The first-order chi connectivity index (χ1) is 14.7. The number of aromatic nitrogens is 4. The highest BCUT2D eigenvalue weighted by Crippen LogP contribution is 2.29. The molecule has 0 unspecified atom stereocenters. The van der Waals surface area contributed by atoms with E-state index in [0.717, 1.165) is 5.56 Å². The number of nitrogens with one attached hydrogen (secondary N) is 1. The minimum atomic E-state index is -0.196. The molecular formula is C20H23N5O4S. The molecule has 0 saturated carbocycles. The smallest absolute Gasteiger partial charge is 0.234 e. The third kappa shape index (κ3) is 5.28. The number of anilines is 1. The number of hydrogen-bond donors (Lipinski definition) is 1. The Morgan fingerprint density at radius 2 is 1.90 bits per heavy atom. The van der Waals surface area contributed by atoms with Gasteiger partial charge in [-0.15, -0.1) is 10.2 Å². The molecular weight excluding hydrogens is 406 g/mol. The van der Waals surface area contributed by atoms with Gasteiger partial charge < -0.3 is 19.5 Å². The van der Waals surface area contributed by atoms with Crippen LogP contribution in [-0.2, 0) is 16.1 Å². The SMILES string of the molecule is COCCn1c(SCC(=O)Nc2cc(OC)ccc2OC)nnc1-c1ccncc1. The Hall–Kier alpha value is -3.11. The van der Waals surface area contributed by atoms with E-state index in [1.54, 1.807) is 51.9 Å². The molecule has 3 aromatic rings. The molecule has 0 aliphatic heterocycles. The molecule has 1 amide bonds. The van der Waals surface area contributed by atoms with Gasteiger partial charge in [-0.2, -0.15) is 0 Å². The zero-order valence-corrected chi connectivity index (χ0v) is 17.8. The molecule has 0 atom stereocenters. The third-order valence-electron chi connectivity index (χ3n) is 4.19. The van der Waals surface area contributed by atoms with Gasteiger partial charge in [0.2, 0.25) is 5.91 Å². The molecule has 158 valence electrons. The first kappa shape index (κ1) is 21.6. The molecule has 2 heterocycles. The lowest BCUT2D eigenvalue weighted by atomic mass is 10.2. The number of hydrogen-bond acceptors (Lipinski definition) is 8. The molecule has 2 aromatic heterocycles. The molecule has 1 aromatic carbocycles. The van der Waals surface area contributed by atoms with Crippen molar-refractivity contribution in [3.05, 3.63) is 42.7 Å². The minimum Gasteiger partial charge on any atom is -0.497 e. The Kier molecular flexibility index (Phi) is 7.63. The van der Waals surface area contributed by atoms with E-state index in [2.05, 4.69) is 20.5 Å². The standard InChI is InChI=1S/C20H23N5O4S/c1-27-11-10-25-19(14-6-8-21-9-7-14)23-24-20(25)30-13-18(26)22-16-12-15(28-2)4-5-17(16)29-3/h4-9,12H,10-11,13H2,1-3H3,(H,22,26). The summed E-state index contributed by atoms with van der Waals surface area (Å²) in [5.74, 6) is 1.84. The van der Waals surface area contributed by atoms with Crippen LogP contribution < -0.4 is 14.8 Å². The first-order valence-electron chi connectivity index (χ1n) is 9.13. The van der Waals surface area contributed by atoms with Gasteiger partial charge in [-0.05, 0) is 24.3 Å². The van der Waals surface area contributed by atoms with Crippen molar-refractivity contribution in [3.63, 3.8) is 0 Å². The van der Waals surface area contributed by atoms with Crippen molar-refractivity contribution < 1.29 is 19.0 Å². The number of carbonyl (C=O) groups excluding carboxylic acids is 1. The van der Waals surface area contributed by atoms with Crippen LogP contribution in [0.5, 0.6) is 11.5 Å². The number of carbonyl (C=O) groups is 1. The van der Waals surface area contributed by atoms with Gasteiger partial charge in [0.25, 0.3) is 0 Å². The number of rotatable bonds is 10. The molecule has 0 aliphatic rings. The average Bonchev–Trinajstić information content (AvgIpc) is 3.19. The Labute approximate surface area is 178 Å². The van der Waals surface area contributed by atoms with Crippen LogP contribution in [0.1, 0.15) is 0 Å². The molecule has 1 N–H and O–H groups in total. The van der Waals surface area contributed by atoms with E-state index in [-0.39, 0.29) is 11.7 Å². The number of nitrogens with zero attached hydrogens (tertiary/aromatic N) is 4. The van der Waals surface area contributed by atoms with Gasteiger partial charge in [-0.25, -0.2) is 0 Å². The van der Waals surface area contributed by atoms with E-state index in [1.165, 1.54) is 11.8 Å². The Balaban J connectivity index is 1.72. The number of thioether (sulfide) groups is 1. The van der Waals surface area contributed by atoms with Crippen LogP contribution in [0, 0.1) is 0 Å². The van der Waals surface area contributed by atoms with E-state index in [9.17, 15) is 4.79 Å². The largest absolute Gasteiger partial charge is 0.497 e. The summed E-state index contributed by atoms with van der Waals surface area (Å²) in [6.45, 7) is 1.06. The van der Waals surface area contributed by atoms with Crippen LogP contribution in [0.25, 0.3) is 11.4 Å². The van der Waals surface area contributed by atoms with Crippen LogP contribution in [0.2, 0.25) is 0 Å². The lowest BCUT2D eigenvalue weighted by Gasteiger charge is -2.12. The molecule has 9 nitrogen and oxygen atoms in total. The summed E-state index contributed by atoms with van der Waals surface area (Å²) in [6, 6.07) is 8.95. The predicted molar refractivity (Wildman–Crippen MR) is 114 cm³/mol. The summed E-state index contributed by atoms with van der Waals surface area (Å²) < 4.78 is 17.7. The van der Waals surface area contributed by atoms with Crippen LogP contribution >= 0.6 is 11.8 Å². The van der Waals surface area contributed by atoms with Gasteiger partial charge in [0, 0.05) is 31.1 Å². The molecule has 0 aliphatic carbocycles. The highest BCUT2D eigenvalue weighted by molar-refractivity contribution is 7.99. The van der Waals surface area contributed by atoms with E-state index >= 15 is 0 Å². The predicted octanol–water partition coefficient (Wildman–Crippen LogP) is 2.73. The Morgan fingerprint density at radius 3 is 2.60 bits per heavy atom. The second-order valence-electron chi connectivity index (χ2n) is 6.09. The summed E-state index contributed by atoms with van der Waals surface area (Å²) in [7, 11) is 4.75. The fourth-order valence-corrected chi connectivity index (χ4v) is 3.49. The number of benzene rings is 1. The lowest BCUT2D eigenvalue weighted by Crippen LogP contribution is -2.16. The van der Waals surface area contributed by atoms with Gasteiger partial charge in [-0.1, -0.05) is 11.8 Å². The highest BCUT2D eigenvalue weighted by Gasteiger charge is 2.16. The van der Waals surface area contributed by atoms with Crippen LogP contribution in [0.3, 0.4) is 0 Å². The van der Waals surface area contributed by atoms with Crippen molar-refractivity contribution >= 4 is 23.4 Å². The summed E-state index contributed by atoms with van der Waals surface area (Å²) in [6.07, 6.45) is 3.40. The maximum Gasteiger partial charge on any atom is 0.234 e. The van der Waals surface area contributed by atoms with Gasteiger partial charge in [0.05, 0.1) is 38.8 Å². The second kappa shape index (κ2) is 10.6. The highest BCUT2D eigenvalue weighted by atomic mass is 32.2. The van der Waals surface area contributed by atoms with Gasteiger partial charge >= 0.3 is 0 Å². The van der Waals surface area contributed by atoms with E-state index < -0.39 is 0 Å². The fourth-order valence-electron chi connectivity index (χ4n) is 2.72. The van der Waals surface area contributed by atoms with Gasteiger partial charge in [0.15, 0.2) is 11.0 Å². The number of pyridine rings is 1. The van der Waals surface area contributed by atoms with E-state index in [1.807, 2.05) is 16.7 Å². The summed E-state index contributed by atoms with van der Waals surface area (Å²) in [5.41, 5.74) is 1.44. The van der Waals surface area contributed by atoms with Crippen molar-refractivity contribution in [3.8, 4) is 22.9 Å². The van der Waals surface area contributed by atoms with Crippen molar-refractivity contribution in [1.29, 1.82) is 0 Å².